The van der Waals surface area contributed by atoms with Crippen LogP contribution in [0.25, 0.3) is 0 Å². The molecule has 0 radical (unpaired) electrons. The van der Waals surface area contributed by atoms with Gasteiger partial charge in [-0.25, -0.2) is 0 Å². The van der Waals surface area contributed by atoms with Crippen molar-refractivity contribution >= 4 is 21.6 Å². The highest BCUT2D eigenvalue weighted by molar-refractivity contribution is 8.78. The Morgan fingerprint density at radius 1 is 0.750 bits per heavy atom. The van der Waals surface area contributed by atoms with Gasteiger partial charge in [0, 0.05) is 5.25 Å². The van der Waals surface area contributed by atoms with Gasteiger partial charge in [0.2, 0.25) is 0 Å². The van der Waals surface area contributed by atoms with Crippen LogP contribution in [-0.4, -0.2) is 5.25 Å². The van der Waals surface area contributed by atoms with Gasteiger partial charge in [0.15, 0.2) is 0 Å². The fourth-order valence-corrected chi connectivity index (χ4v) is 9.24. The van der Waals surface area contributed by atoms with Crippen molar-refractivity contribution in [1.82, 2.24) is 0 Å². The minimum absolute atomic E-state index is 0.903. The molecule has 0 spiro atoms. The number of hydrogen-bond donors (Lipinski definition) is 0. The van der Waals surface area contributed by atoms with Crippen molar-refractivity contribution in [2.45, 2.75) is 63.0 Å². The van der Waals surface area contributed by atoms with Gasteiger partial charge in [-0.1, -0.05) is 40.9 Å². The summed E-state index contributed by atoms with van der Waals surface area (Å²) in [5.41, 5.74) is 1.81. The Balaban J connectivity index is 1.34. The lowest BCUT2D eigenvalue weighted by Crippen LogP contribution is -2.41. The Hall–Kier alpha value is 0.440. The topological polar surface area (TPSA) is 0 Å². The predicted molar refractivity (Wildman–Crippen MR) is 89.5 cm³/mol. The van der Waals surface area contributed by atoms with Gasteiger partial charge >= 0.3 is 0 Å². The molecule has 4 saturated carbocycles. The summed E-state index contributed by atoms with van der Waals surface area (Å²) in [6.07, 6.45) is 14.1. The molecule has 5 rings (SSSR count). The van der Waals surface area contributed by atoms with Crippen LogP contribution < -0.4 is 0 Å². The highest BCUT2D eigenvalue weighted by atomic mass is 33.1. The maximum Gasteiger partial charge on any atom is 0.0374 e. The van der Waals surface area contributed by atoms with Crippen LogP contribution in [0.2, 0.25) is 0 Å². The van der Waals surface area contributed by atoms with E-state index in [2.05, 4.69) is 16.2 Å². The largest absolute Gasteiger partial charge is 0.0816 e. The smallest absolute Gasteiger partial charge is 0.0374 e. The van der Waals surface area contributed by atoms with Gasteiger partial charge in [0.1, 0.15) is 0 Å². The van der Waals surface area contributed by atoms with E-state index in [1.54, 1.807) is 44.9 Å². The van der Waals surface area contributed by atoms with Crippen molar-refractivity contribution in [2.75, 3.05) is 0 Å². The molecule has 20 heavy (non-hydrogen) atoms. The average molecular weight is 307 g/mol. The van der Waals surface area contributed by atoms with E-state index in [1.807, 2.05) is 16.4 Å². The Morgan fingerprint density at radius 2 is 1.40 bits per heavy atom. The van der Waals surface area contributed by atoms with E-state index in [4.69, 9.17) is 0 Å². The second-order valence-corrected chi connectivity index (χ2v) is 10.6. The summed E-state index contributed by atoms with van der Waals surface area (Å²) < 4.78 is 0. The van der Waals surface area contributed by atoms with E-state index in [0.29, 0.717) is 0 Å². The van der Waals surface area contributed by atoms with Gasteiger partial charge in [-0.3, -0.25) is 0 Å². The van der Waals surface area contributed by atoms with Gasteiger partial charge in [-0.05, 0) is 85.0 Å². The zero-order chi connectivity index (χ0) is 13.1. The molecule has 5 aliphatic rings. The van der Waals surface area contributed by atoms with Crippen LogP contribution in [0.4, 0.5) is 0 Å². The van der Waals surface area contributed by atoms with E-state index in [9.17, 15) is 0 Å². The number of hydrogen-bond acceptors (Lipinski definition) is 2. The normalized spacial score (nSPS) is 53.6. The van der Waals surface area contributed by atoms with E-state index in [0.717, 1.165) is 40.8 Å². The van der Waals surface area contributed by atoms with E-state index in [1.165, 1.54) is 12.8 Å². The fourth-order valence-electron chi connectivity index (χ4n) is 6.42. The van der Waals surface area contributed by atoms with Crippen LogP contribution >= 0.6 is 21.6 Å². The van der Waals surface area contributed by atoms with Crippen LogP contribution in [0.5, 0.6) is 0 Å². The van der Waals surface area contributed by atoms with Crippen LogP contribution in [0.1, 0.15) is 57.8 Å². The molecule has 7 atom stereocenters. The van der Waals surface area contributed by atoms with Gasteiger partial charge in [0.05, 0.1) is 0 Å². The monoisotopic (exact) mass is 306 g/mol. The second kappa shape index (κ2) is 4.98. The van der Waals surface area contributed by atoms with E-state index >= 15 is 0 Å². The van der Waals surface area contributed by atoms with E-state index in [-0.39, 0.29) is 0 Å². The lowest BCUT2D eigenvalue weighted by molar-refractivity contribution is 0.0264. The molecule has 1 aliphatic heterocycles. The van der Waals surface area contributed by atoms with Crippen molar-refractivity contribution in [3.8, 4) is 0 Å². The van der Waals surface area contributed by atoms with Gasteiger partial charge < -0.3 is 0 Å². The Morgan fingerprint density at radius 3 is 2.20 bits per heavy atom. The first-order valence-corrected chi connectivity index (χ1v) is 11.2. The maximum absolute atomic E-state index is 2.49. The summed E-state index contributed by atoms with van der Waals surface area (Å²) in [5.74, 6) is 6.68. The standard InChI is InChI=1S/C18H26S2/c1-2-11-4-13-6-15-8-17-10-19-20-18(17)9-16(15)7-14(13)5-12(11)3-1/h10-16,18H,1-9H2. The van der Waals surface area contributed by atoms with Crippen LogP contribution in [0, 0.1) is 35.5 Å². The third-order valence-electron chi connectivity index (χ3n) is 7.37. The van der Waals surface area contributed by atoms with Crippen molar-refractivity contribution in [3.05, 3.63) is 11.0 Å². The maximum atomic E-state index is 2.49. The molecule has 0 aromatic heterocycles. The summed E-state index contributed by atoms with van der Waals surface area (Å²) in [6, 6.07) is 0. The number of rotatable bonds is 0. The summed E-state index contributed by atoms with van der Waals surface area (Å²) >= 11 is 0. The number of fused-ring (bicyclic) bond motifs is 4. The van der Waals surface area contributed by atoms with Crippen molar-refractivity contribution < 1.29 is 0 Å². The highest BCUT2D eigenvalue weighted by Gasteiger charge is 2.47. The van der Waals surface area contributed by atoms with Crippen LogP contribution in [0.3, 0.4) is 0 Å². The first-order valence-electron chi connectivity index (χ1n) is 8.88. The Labute approximate surface area is 131 Å². The summed E-state index contributed by atoms with van der Waals surface area (Å²) in [5, 5.41) is 3.39. The second-order valence-electron chi connectivity index (χ2n) is 8.25. The summed E-state index contributed by atoms with van der Waals surface area (Å²) in [4.78, 5) is 0. The molecule has 4 aliphatic carbocycles. The highest BCUT2D eigenvalue weighted by Crippen LogP contribution is 2.59. The SMILES string of the molecule is C1=C2CC3CC4CC5CCCC5CC4CC3CC2SS1. The molecule has 110 valence electrons. The third kappa shape index (κ3) is 2.04. The van der Waals surface area contributed by atoms with Crippen molar-refractivity contribution in [3.63, 3.8) is 0 Å². The molecule has 0 N–H and O–H groups in total. The van der Waals surface area contributed by atoms with E-state index < -0.39 is 0 Å². The third-order valence-corrected chi connectivity index (χ3v) is 9.93. The molecular weight excluding hydrogens is 280 g/mol. The molecular formula is C18H26S2. The van der Waals surface area contributed by atoms with Gasteiger partial charge in [-0.15, -0.1) is 0 Å². The van der Waals surface area contributed by atoms with Crippen molar-refractivity contribution in [2.24, 2.45) is 35.5 Å². The molecule has 0 aromatic rings. The van der Waals surface area contributed by atoms with Gasteiger partial charge in [-0.2, -0.15) is 0 Å². The predicted octanol–water partition coefficient (Wildman–Crippen LogP) is 5.90. The molecule has 0 nitrogen and oxygen atoms in total. The molecule has 2 heteroatoms. The first kappa shape index (κ1) is 12.9. The fraction of sp³-hybridized carbons (Fsp3) is 0.889. The molecule has 0 bridgehead atoms. The minimum atomic E-state index is 0.903. The Bertz CT molecular complexity index is 429. The molecule has 1 heterocycles. The van der Waals surface area contributed by atoms with Crippen molar-refractivity contribution in [1.29, 1.82) is 0 Å². The zero-order valence-electron chi connectivity index (χ0n) is 12.3. The summed E-state index contributed by atoms with van der Waals surface area (Å²) in [6.45, 7) is 0. The van der Waals surface area contributed by atoms with Crippen LogP contribution in [0.15, 0.2) is 11.0 Å². The molecule has 7 unspecified atom stereocenters. The Kier molecular flexibility index (Phi) is 3.22. The minimum Gasteiger partial charge on any atom is -0.0816 e. The molecule has 0 saturated heterocycles. The first-order chi connectivity index (χ1) is 9.87. The molecule has 4 fully saturated rings. The zero-order valence-corrected chi connectivity index (χ0v) is 13.9. The van der Waals surface area contributed by atoms with Gasteiger partial charge in [0.25, 0.3) is 0 Å². The van der Waals surface area contributed by atoms with Crippen LogP contribution in [-0.2, 0) is 0 Å². The summed E-state index contributed by atoms with van der Waals surface area (Å²) in [7, 11) is 4.17. The quantitative estimate of drug-likeness (QED) is 0.511. The molecule has 0 amide bonds. The molecule has 0 aromatic carbocycles. The lowest BCUT2D eigenvalue weighted by atomic mass is 9.56. The lowest BCUT2D eigenvalue weighted by Gasteiger charge is -2.50. The average Bonchev–Trinajstić information content (AvgIpc) is 3.07.